The van der Waals surface area contributed by atoms with E-state index in [1.54, 1.807) is 0 Å². The maximum atomic E-state index is 8.93. The maximum Gasteiger partial charge on any atom is 2.00 e. The fourth-order valence-electron chi connectivity index (χ4n) is 0. The van der Waals surface area contributed by atoms with Gasteiger partial charge in [-0.25, -0.2) is 0 Å². The van der Waals surface area contributed by atoms with E-state index in [9.17, 15) is 0 Å². The molecule has 5 nitrogen and oxygen atoms in total. The summed E-state index contributed by atoms with van der Waals surface area (Å²) < 4.78 is 0. The van der Waals surface area contributed by atoms with Crippen molar-refractivity contribution >= 4 is 11.9 Å². The number of hydrogen-bond donors (Lipinski definition) is 1. The van der Waals surface area contributed by atoms with Crippen LogP contribution in [-0.2, 0) is 30.0 Å². The van der Waals surface area contributed by atoms with Crippen LogP contribution in [0.25, 0.3) is 0 Å². The molecule has 0 aliphatic carbocycles. The van der Waals surface area contributed by atoms with Crippen molar-refractivity contribution in [3.05, 3.63) is 0 Å². The van der Waals surface area contributed by atoms with Gasteiger partial charge in [0.25, 0.3) is 0 Å². The second-order valence-electron chi connectivity index (χ2n) is 0.575. The Morgan fingerprint density at radius 1 is 1.00 bits per heavy atom. The third-order valence-electron chi connectivity index (χ3n) is 0.167. The Balaban J connectivity index is -0.000000125. The number of rotatable bonds is 0. The fourth-order valence-corrected chi connectivity index (χ4v) is 0. The summed E-state index contributed by atoms with van der Waals surface area (Å²) in [5.74, 6) is -4.37. The smallest absolute Gasteiger partial charge is 0.543 e. The van der Waals surface area contributed by atoms with Crippen LogP contribution in [0.4, 0.5) is 0 Å². The van der Waals surface area contributed by atoms with Crippen LogP contribution in [0.1, 0.15) is 0 Å². The average molecular weight is 212 g/mol. The van der Waals surface area contributed by atoms with Crippen LogP contribution >= 0.6 is 0 Å². The van der Waals surface area contributed by atoms with Crippen LogP contribution in [0.2, 0.25) is 0 Å². The third-order valence-corrected chi connectivity index (χ3v) is 0.167. The minimum atomic E-state index is -2.19. The van der Waals surface area contributed by atoms with Gasteiger partial charge in [0.2, 0.25) is 0 Å². The molecule has 0 aliphatic heterocycles. The predicted octanol–water partition coefficient (Wildman–Crippen LogP) is -3.14. The first kappa shape index (κ1) is 15.6. The van der Waals surface area contributed by atoms with E-state index in [4.69, 9.17) is 19.8 Å². The zero-order valence-corrected chi connectivity index (χ0v) is 5.50. The Hall–Kier alpha value is -0.438. The van der Waals surface area contributed by atoms with Crippen molar-refractivity contribution < 1.29 is 40.2 Å². The molecule has 0 aromatic heterocycles. The summed E-state index contributed by atoms with van der Waals surface area (Å²) in [5, 5.41) is 17.9. The van der Waals surface area contributed by atoms with Gasteiger partial charge in [0, 0.05) is 0 Å². The third kappa shape index (κ3) is 9.12. The molecule has 0 bridgehead atoms. The molecule has 0 atom stereocenters. The summed E-state index contributed by atoms with van der Waals surface area (Å²) >= 11 is 0. The van der Waals surface area contributed by atoms with Gasteiger partial charge in [-0.05, 0) is 0 Å². The summed E-state index contributed by atoms with van der Waals surface area (Å²) in [6.45, 7) is 0. The summed E-state index contributed by atoms with van der Waals surface area (Å²) in [6.07, 6.45) is 0. The van der Waals surface area contributed by atoms with Crippen LogP contribution < -0.4 is 16.4 Å². The van der Waals surface area contributed by atoms with Crippen molar-refractivity contribution in [1.29, 1.82) is 0 Å². The summed E-state index contributed by atoms with van der Waals surface area (Å²) in [7, 11) is 0. The van der Waals surface area contributed by atoms with Crippen molar-refractivity contribution in [3.63, 3.8) is 0 Å². The van der Waals surface area contributed by atoms with Crippen LogP contribution in [0.15, 0.2) is 0 Å². The van der Waals surface area contributed by atoms with E-state index < -0.39 is 11.9 Å². The van der Waals surface area contributed by atoms with E-state index in [0.717, 1.165) is 0 Å². The zero-order chi connectivity index (χ0) is 5.15. The van der Waals surface area contributed by atoms with Gasteiger partial charge in [0.1, 0.15) is 0 Å². The largest absolute Gasteiger partial charge is 2.00 e. The maximum absolute atomic E-state index is 8.93. The zero-order valence-electron chi connectivity index (χ0n) is 3.95. The first-order valence-electron chi connectivity index (χ1n) is 1.07. The number of carbonyl (C=O) groups excluding carboxylic acids is 2. The number of aliphatic carboxylic acids is 2. The van der Waals surface area contributed by atoms with E-state index in [1.165, 1.54) is 0 Å². The molecule has 0 radical (unpaired) electrons. The number of carboxylic acid groups (broad SMARTS) is 2. The first-order chi connectivity index (χ1) is 2.64. The minimum Gasteiger partial charge on any atom is -0.543 e. The van der Waals surface area contributed by atoms with Gasteiger partial charge in [-0.15, -0.1) is 0 Å². The Labute approximate surface area is 58.9 Å². The van der Waals surface area contributed by atoms with Crippen LogP contribution in [0, 0.1) is 0 Å². The Kier molecular flexibility index (Phi) is 12.8. The predicted molar refractivity (Wildman–Crippen MR) is 16.0 cm³/mol. The first-order valence-corrected chi connectivity index (χ1v) is 1.07. The van der Waals surface area contributed by atoms with Crippen molar-refractivity contribution in [1.82, 2.24) is 6.15 Å². The normalized spacial score (nSPS) is 5.50. The van der Waals surface area contributed by atoms with Crippen LogP contribution in [0.3, 0.4) is 0 Å². The standard InChI is InChI=1S/C2H2O4.H3N.Pd/c3-1(4)2(5)6;;/h(H,3,4)(H,5,6);1H3;/q;;+2/p-1. The molecule has 0 aromatic rings. The minimum absolute atomic E-state index is 0. The molecule has 0 fully saturated rings. The van der Waals surface area contributed by atoms with Gasteiger partial charge >= 0.3 is 20.4 Å². The molecule has 0 saturated carbocycles. The van der Waals surface area contributed by atoms with Crippen molar-refractivity contribution in [2.45, 2.75) is 0 Å². The van der Waals surface area contributed by atoms with Gasteiger partial charge < -0.3 is 26.0 Å². The van der Waals surface area contributed by atoms with E-state index in [1.807, 2.05) is 0 Å². The summed E-state index contributed by atoms with van der Waals surface area (Å²) in [6, 6.07) is 0. The molecule has 0 unspecified atom stereocenters. The van der Waals surface area contributed by atoms with Gasteiger partial charge in [0.05, 0.1) is 11.9 Å². The van der Waals surface area contributed by atoms with Gasteiger partial charge in [-0.2, -0.15) is 0 Å². The molecule has 4 N–H and O–H groups in total. The second-order valence-corrected chi connectivity index (χ2v) is 0.575. The molecule has 0 saturated heterocycles. The molecule has 0 aromatic carbocycles. The monoisotopic (exact) mass is 212 g/mol. The molecule has 0 amide bonds. The Morgan fingerprint density at radius 3 is 1.12 bits per heavy atom. The van der Waals surface area contributed by atoms with E-state index >= 15 is 0 Å². The summed E-state index contributed by atoms with van der Waals surface area (Å²) in [4.78, 5) is 17.9. The molecule has 0 heterocycles. The molecular weight excluding hydrogens is 208 g/mol. The number of carbonyl (C=O) groups is 2. The summed E-state index contributed by atoms with van der Waals surface area (Å²) in [5.41, 5.74) is 0. The fraction of sp³-hybridized carbons (Fsp3) is 0. The van der Waals surface area contributed by atoms with E-state index in [-0.39, 0.29) is 26.6 Å². The van der Waals surface area contributed by atoms with Crippen molar-refractivity contribution in [2.75, 3.05) is 0 Å². The quantitative estimate of drug-likeness (QED) is 0.337. The number of hydrogen-bond acceptors (Lipinski definition) is 4. The SMILES string of the molecule is O=C([O-])C(=O)[O-].[NH4+].[Pd+2]. The molecule has 0 aliphatic rings. The Morgan fingerprint density at radius 2 is 1.12 bits per heavy atom. The Bertz CT molecular complexity index is 80.0. The molecule has 0 spiro atoms. The van der Waals surface area contributed by atoms with Crippen LogP contribution in [-0.4, -0.2) is 11.9 Å². The van der Waals surface area contributed by atoms with Crippen molar-refractivity contribution in [3.8, 4) is 0 Å². The second kappa shape index (κ2) is 6.56. The molecule has 6 heteroatoms. The van der Waals surface area contributed by atoms with E-state index in [2.05, 4.69) is 0 Å². The average Bonchev–Trinajstić information content (AvgIpc) is 1.36. The number of quaternary nitrogens is 1. The topological polar surface area (TPSA) is 117 Å². The van der Waals surface area contributed by atoms with Gasteiger partial charge in [0.15, 0.2) is 0 Å². The van der Waals surface area contributed by atoms with E-state index in [0.29, 0.717) is 0 Å². The molecule has 0 rings (SSSR count). The van der Waals surface area contributed by atoms with Crippen molar-refractivity contribution in [2.24, 2.45) is 0 Å². The van der Waals surface area contributed by atoms with Crippen LogP contribution in [0.5, 0.6) is 0 Å². The van der Waals surface area contributed by atoms with Gasteiger partial charge in [-0.1, -0.05) is 0 Å². The number of carboxylic acids is 2. The van der Waals surface area contributed by atoms with Gasteiger partial charge in [-0.3, -0.25) is 0 Å². The molecule has 8 heavy (non-hydrogen) atoms. The molecular formula is C2H4NO4Pd+. The molecule has 50 valence electrons.